The zero-order valence-electron chi connectivity index (χ0n) is 12.9. The Balaban J connectivity index is 1.78. The van der Waals surface area contributed by atoms with E-state index in [4.69, 9.17) is 0 Å². The van der Waals surface area contributed by atoms with Gasteiger partial charge >= 0.3 is 0 Å². The van der Waals surface area contributed by atoms with Crippen molar-refractivity contribution in [2.75, 3.05) is 11.9 Å². The molecule has 0 unspecified atom stereocenters. The van der Waals surface area contributed by atoms with E-state index < -0.39 is 0 Å². The molecule has 2 N–H and O–H groups in total. The lowest BCUT2D eigenvalue weighted by Crippen LogP contribution is -2.14. The molecule has 0 bridgehead atoms. The smallest absolute Gasteiger partial charge is 0.183 e. The van der Waals surface area contributed by atoms with Crippen LogP contribution in [0.3, 0.4) is 0 Å². The number of benzene rings is 2. The van der Waals surface area contributed by atoms with Crippen molar-refractivity contribution in [2.45, 2.75) is 19.8 Å². The number of aromatic amines is 1. The molecule has 0 amide bonds. The van der Waals surface area contributed by atoms with Crippen molar-refractivity contribution in [1.82, 2.24) is 4.98 Å². The Labute approximate surface area is 130 Å². The summed E-state index contributed by atoms with van der Waals surface area (Å²) in [6, 6.07) is 16.0. The summed E-state index contributed by atoms with van der Waals surface area (Å²) in [5.74, 6) is 0.517. The first-order chi connectivity index (χ1) is 10.7. The largest absolute Gasteiger partial charge is 0.377 e. The van der Waals surface area contributed by atoms with Crippen molar-refractivity contribution in [3.05, 3.63) is 65.9 Å². The first-order valence-electron chi connectivity index (χ1n) is 7.59. The van der Waals surface area contributed by atoms with E-state index in [1.165, 1.54) is 5.56 Å². The zero-order valence-corrected chi connectivity index (χ0v) is 12.9. The maximum absolute atomic E-state index is 12.5. The number of nitrogens with one attached hydrogen (secondary N) is 2. The third-order valence-corrected chi connectivity index (χ3v) is 3.91. The molecular weight excluding hydrogens is 272 g/mol. The number of fused-ring (bicyclic) bond motifs is 1. The van der Waals surface area contributed by atoms with Gasteiger partial charge in [-0.15, -0.1) is 0 Å². The molecule has 0 saturated heterocycles. The summed E-state index contributed by atoms with van der Waals surface area (Å²) in [7, 11) is 0. The van der Waals surface area contributed by atoms with Gasteiger partial charge in [0.05, 0.1) is 6.54 Å². The van der Waals surface area contributed by atoms with Gasteiger partial charge in [0.2, 0.25) is 0 Å². The van der Waals surface area contributed by atoms with Crippen molar-refractivity contribution in [1.29, 1.82) is 0 Å². The molecule has 112 valence electrons. The monoisotopic (exact) mass is 292 g/mol. The van der Waals surface area contributed by atoms with Crippen molar-refractivity contribution in [3.8, 4) is 0 Å². The topological polar surface area (TPSA) is 44.9 Å². The van der Waals surface area contributed by atoms with E-state index in [0.717, 1.165) is 22.2 Å². The van der Waals surface area contributed by atoms with Gasteiger partial charge in [0.15, 0.2) is 5.78 Å². The molecule has 3 heteroatoms. The second kappa shape index (κ2) is 6.06. The predicted molar refractivity (Wildman–Crippen MR) is 91.6 cm³/mol. The highest BCUT2D eigenvalue weighted by Gasteiger charge is 2.12. The number of hydrogen-bond acceptors (Lipinski definition) is 2. The molecule has 0 aliphatic heterocycles. The van der Waals surface area contributed by atoms with Gasteiger partial charge in [-0.2, -0.15) is 0 Å². The number of Topliss-reactive ketones (excluding diaryl/α,β-unsaturated/α-hetero) is 1. The van der Waals surface area contributed by atoms with Crippen LogP contribution in [0, 0.1) is 0 Å². The predicted octanol–water partition coefficient (Wildman–Crippen LogP) is 4.59. The van der Waals surface area contributed by atoms with E-state index in [2.05, 4.69) is 30.2 Å². The van der Waals surface area contributed by atoms with Crippen molar-refractivity contribution in [2.24, 2.45) is 0 Å². The van der Waals surface area contributed by atoms with Gasteiger partial charge in [-0.05, 0) is 23.6 Å². The van der Waals surface area contributed by atoms with Crippen LogP contribution in [-0.2, 0) is 0 Å². The molecule has 2 aromatic carbocycles. The number of aromatic nitrogens is 1. The van der Waals surface area contributed by atoms with Crippen LogP contribution in [0.2, 0.25) is 0 Å². The van der Waals surface area contributed by atoms with Gasteiger partial charge in [0, 0.05) is 28.4 Å². The highest BCUT2D eigenvalue weighted by Crippen LogP contribution is 2.24. The molecule has 22 heavy (non-hydrogen) atoms. The summed E-state index contributed by atoms with van der Waals surface area (Å²) >= 11 is 0. The van der Waals surface area contributed by atoms with E-state index in [0.29, 0.717) is 12.5 Å². The molecular formula is C19H20N2O. The molecule has 3 aromatic rings. The number of rotatable bonds is 5. The number of carbonyl (C=O) groups excluding carboxylic acids is 1. The fourth-order valence-corrected chi connectivity index (χ4v) is 2.73. The first-order valence-corrected chi connectivity index (χ1v) is 7.59. The zero-order chi connectivity index (χ0) is 15.5. The van der Waals surface area contributed by atoms with E-state index in [9.17, 15) is 4.79 Å². The summed E-state index contributed by atoms with van der Waals surface area (Å²) in [6.07, 6.45) is 1.79. The average Bonchev–Trinajstić information content (AvgIpc) is 2.97. The third kappa shape index (κ3) is 2.75. The van der Waals surface area contributed by atoms with Gasteiger partial charge in [-0.3, -0.25) is 4.79 Å². The quantitative estimate of drug-likeness (QED) is 0.676. The fraction of sp³-hybridized carbons (Fsp3) is 0.211. The normalized spacial score (nSPS) is 11.0. The van der Waals surface area contributed by atoms with Crippen LogP contribution in [0.15, 0.2) is 54.7 Å². The lowest BCUT2D eigenvalue weighted by molar-refractivity contribution is 0.101. The number of ketones is 1. The fourth-order valence-electron chi connectivity index (χ4n) is 2.73. The summed E-state index contributed by atoms with van der Waals surface area (Å²) < 4.78 is 0. The molecule has 3 nitrogen and oxygen atoms in total. The van der Waals surface area contributed by atoms with Gasteiger partial charge in [0.25, 0.3) is 0 Å². The Hall–Kier alpha value is -2.55. The van der Waals surface area contributed by atoms with E-state index in [1.54, 1.807) is 6.20 Å². The SMILES string of the molecule is CC(C)c1ccccc1NCC(=O)c1c[nH]c2ccccc12. The summed E-state index contributed by atoms with van der Waals surface area (Å²) in [6.45, 7) is 4.61. The molecule has 0 saturated carbocycles. The molecule has 0 fully saturated rings. The summed E-state index contributed by atoms with van der Waals surface area (Å²) in [5.41, 5.74) is 4.00. The second-order valence-electron chi connectivity index (χ2n) is 5.77. The van der Waals surface area contributed by atoms with E-state index in [1.807, 2.05) is 42.5 Å². The van der Waals surface area contributed by atoms with Crippen LogP contribution < -0.4 is 5.32 Å². The molecule has 0 aliphatic rings. The van der Waals surface area contributed by atoms with Gasteiger partial charge in [-0.25, -0.2) is 0 Å². The lowest BCUT2D eigenvalue weighted by Gasteiger charge is -2.13. The maximum Gasteiger partial charge on any atom is 0.183 e. The second-order valence-corrected chi connectivity index (χ2v) is 5.77. The third-order valence-electron chi connectivity index (χ3n) is 3.91. The number of anilines is 1. The minimum atomic E-state index is 0.0935. The molecule has 0 atom stereocenters. The summed E-state index contributed by atoms with van der Waals surface area (Å²) in [5, 5.41) is 4.26. The first kappa shape index (κ1) is 14.4. The highest BCUT2D eigenvalue weighted by molar-refractivity contribution is 6.09. The van der Waals surface area contributed by atoms with E-state index in [-0.39, 0.29) is 5.78 Å². The number of para-hydroxylation sites is 2. The summed E-state index contributed by atoms with van der Waals surface area (Å²) in [4.78, 5) is 15.6. The Bertz CT molecular complexity index is 802. The molecule has 1 aromatic heterocycles. The number of H-pyrrole nitrogens is 1. The van der Waals surface area contributed by atoms with Gasteiger partial charge < -0.3 is 10.3 Å². The maximum atomic E-state index is 12.5. The Morgan fingerprint density at radius 2 is 1.82 bits per heavy atom. The van der Waals surface area contributed by atoms with Crippen LogP contribution in [-0.4, -0.2) is 17.3 Å². The molecule has 0 aliphatic carbocycles. The van der Waals surface area contributed by atoms with Gasteiger partial charge in [0.1, 0.15) is 0 Å². The molecule has 0 radical (unpaired) electrons. The Morgan fingerprint density at radius 1 is 1.09 bits per heavy atom. The number of carbonyl (C=O) groups is 1. The molecule has 1 heterocycles. The standard InChI is InChI=1S/C19H20N2O/c1-13(2)14-7-3-5-9-17(14)21-12-19(22)16-11-20-18-10-6-4-8-15(16)18/h3-11,13,20-21H,12H2,1-2H3. The van der Waals surface area contributed by atoms with Crippen molar-refractivity contribution < 1.29 is 4.79 Å². The van der Waals surface area contributed by atoms with E-state index >= 15 is 0 Å². The highest BCUT2D eigenvalue weighted by atomic mass is 16.1. The minimum absolute atomic E-state index is 0.0935. The van der Waals surface area contributed by atoms with Crippen LogP contribution in [0.25, 0.3) is 10.9 Å². The minimum Gasteiger partial charge on any atom is -0.377 e. The number of hydrogen-bond donors (Lipinski definition) is 2. The average molecular weight is 292 g/mol. The Morgan fingerprint density at radius 3 is 2.64 bits per heavy atom. The van der Waals surface area contributed by atoms with Gasteiger partial charge in [-0.1, -0.05) is 50.2 Å². The van der Waals surface area contributed by atoms with Crippen molar-refractivity contribution in [3.63, 3.8) is 0 Å². The molecule has 3 rings (SSSR count). The van der Waals surface area contributed by atoms with Crippen LogP contribution >= 0.6 is 0 Å². The van der Waals surface area contributed by atoms with Crippen LogP contribution in [0.5, 0.6) is 0 Å². The molecule has 0 spiro atoms. The van der Waals surface area contributed by atoms with Crippen molar-refractivity contribution >= 4 is 22.4 Å². The lowest BCUT2D eigenvalue weighted by atomic mass is 10.0. The van der Waals surface area contributed by atoms with Crippen LogP contribution in [0.4, 0.5) is 5.69 Å². The Kier molecular flexibility index (Phi) is 3.96. The van der Waals surface area contributed by atoms with Crippen LogP contribution in [0.1, 0.15) is 35.7 Å².